The standard InChI is InChI=1S/C18H24N4O/c1-4-21-10-9-17(19-21)18(23)20-11-12-22(15(3)13-20)16-7-5-14(2)6-8-16/h5-10,15H,4,11-13H2,1-3H3/t15-/m1/s1. The van der Waals surface area contributed by atoms with E-state index in [4.69, 9.17) is 0 Å². The summed E-state index contributed by atoms with van der Waals surface area (Å²) in [6.45, 7) is 9.38. The fraction of sp³-hybridized carbons (Fsp3) is 0.444. The molecule has 0 unspecified atom stereocenters. The number of carbonyl (C=O) groups excluding carboxylic acids is 1. The third kappa shape index (κ3) is 3.23. The van der Waals surface area contributed by atoms with Crippen molar-refractivity contribution in [2.45, 2.75) is 33.4 Å². The monoisotopic (exact) mass is 312 g/mol. The number of hydrogen-bond acceptors (Lipinski definition) is 3. The van der Waals surface area contributed by atoms with E-state index in [0.29, 0.717) is 11.7 Å². The summed E-state index contributed by atoms with van der Waals surface area (Å²) < 4.78 is 1.79. The van der Waals surface area contributed by atoms with Crippen LogP contribution >= 0.6 is 0 Å². The van der Waals surface area contributed by atoms with Gasteiger partial charge in [0.2, 0.25) is 0 Å². The number of aryl methyl sites for hydroxylation is 2. The second-order valence-electron chi connectivity index (χ2n) is 6.19. The Morgan fingerprint density at radius 2 is 1.96 bits per heavy atom. The van der Waals surface area contributed by atoms with E-state index in [9.17, 15) is 4.79 Å². The largest absolute Gasteiger partial charge is 0.365 e. The van der Waals surface area contributed by atoms with Crippen molar-refractivity contribution in [3.05, 3.63) is 47.8 Å². The van der Waals surface area contributed by atoms with Crippen molar-refractivity contribution in [1.29, 1.82) is 0 Å². The minimum atomic E-state index is 0.0348. The normalized spacial score (nSPS) is 18.3. The summed E-state index contributed by atoms with van der Waals surface area (Å²) in [6, 6.07) is 10.7. The molecule has 2 aromatic rings. The van der Waals surface area contributed by atoms with E-state index in [1.807, 2.05) is 24.1 Å². The highest BCUT2D eigenvalue weighted by Gasteiger charge is 2.28. The summed E-state index contributed by atoms with van der Waals surface area (Å²) >= 11 is 0. The molecular formula is C18H24N4O. The van der Waals surface area contributed by atoms with Crippen LogP contribution in [-0.4, -0.2) is 46.3 Å². The molecule has 5 nitrogen and oxygen atoms in total. The van der Waals surface area contributed by atoms with Crippen molar-refractivity contribution < 1.29 is 4.79 Å². The van der Waals surface area contributed by atoms with Crippen LogP contribution in [0.15, 0.2) is 36.5 Å². The summed E-state index contributed by atoms with van der Waals surface area (Å²) in [7, 11) is 0. The molecule has 3 rings (SSSR count). The van der Waals surface area contributed by atoms with Gasteiger partial charge in [0, 0.05) is 44.1 Å². The lowest BCUT2D eigenvalue weighted by atomic mass is 10.1. The van der Waals surface area contributed by atoms with Gasteiger partial charge in [-0.1, -0.05) is 17.7 Å². The lowest BCUT2D eigenvalue weighted by Gasteiger charge is -2.41. The van der Waals surface area contributed by atoms with E-state index in [1.165, 1.54) is 11.3 Å². The molecule has 1 aromatic carbocycles. The molecule has 0 spiro atoms. The molecule has 0 saturated carbocycles. The number of nitrogens with zero attached hydrogens (tertiary/aromatic N) is 4. The minimum absolute atomic E-state index is 0.0348. The summed E-state index contributed by atoms with van der Waals surface area (Å²) in [5.74, 6) is 0.0348. The van der Waals surface area contributed by atoms with Gasteiger partial charge in [-0.05, 0) is 39.0 Å². The maximum atomic E-state index is 12.6. The molecule has 1 fully saturated rings. The third-order valence-corrected chi connectivity index (χ3v) is 4.46. The quantitative estimate of drug-likeness (QED) is 0.874. The molecule has 0 radical (unpaired) electrons. The van der Waals surface area contributed by atoms with Gasteiger partial charge in [0.1, 0.15) is 5.69 Å². The Bertz CT molecular complexity index is 677. The first-order valence-electron chi connectivity index (χ1n) is 8.24. The van der Waals surface area contributed by atoms with Gasteiger partial charge in [-0.15, -0.1) is 0 Å². The Labute approximate surface area is 137 Å². The maximum absolute atomic E-state index is 12.6. The van der Waals surface area contributed by atoms with E-state index in [2.05, 4.69) is 48.1 Å². The molecule has 1 aliphatic heterocycles. The lowest BCUT2D eigenvalue weighted by molar-refractivity contribution is 0.0719. The molecule has 5 heteroatoms. The lowest BCUT2D eigenvalue weighted by Crippen LogP contribution is -2.53. The van der Waals surface area contributed by atoms with E-state index < -0.39 is 0 Å². The summed E-state index contributed by atoms with van der Waals surface area (Å²) in [5, 5.41) is 4.33. The fourth-order valence-electron chi connectivity index (χ4n) is 3.08. The van der Waals surface area contributed by atoms with Crippen molar-refractivity contribution in [2.75, 3.05) is 24.5 Å². The molecule has 1 amide bonds. The zero-order valence-electron chi connectivity index (χ0n) is 14.1. The van der Waals surface area contributed by atoms with E-state index in [0.717, 1.165) is 26.2 Å². The number of piperazine rings is 1. The Hall–Kier alpha value is -2.30. The highest BCUT2D eigenvalue weighted by molar-refractivity contribution is 5.92. The number of aromatic nitrogens is 2. The molecule has 0 aliphatic carbocycles. The molecule has 1 aromatic heterocycles. The van der Waals surface area contributed by atoms with Crippen LogP contribution in [0.3, 0.4) is 0 Å². The summed E-state index contributed by atoms with van der Waals surface area (Å²) in [5.41, 5.74) is 3.04. The second-order valence-corrected chi connectivity index (χ2v) is 6.19. The number of carbonyl (C=O) groups is 1. The van der Waals surface area contributed by atoms with Gasteiger partial charge < -0.3 is 9.80 Å². The van der Waals surface area contributed by atoms with Gasteiger partial charge in [0.05, 0.1) is 0 Å². The number of amides is 1. The van der Waals surface area contributed by atoms with Gasteiger partial charge in [-0.3, -0.25) is 9.48 Å². The van der Waals surface area contributed by atoms with Gasteiger partial charge in [-0.2, -0.15) is 5.10 Å². The molecule has 1 atom stereocenters. The molecular weight excluding hydrogens is 288 g/mol. The van der Waals surface area contributed by atoms with Crippen LogP contribution in [0.1, 0.15) is 29.9 Å². The average Bonchev–Trinajstić information content (AvgIpc) is 3.04. The number of rotatable bonds is 3. The Morgan fingerprint density at radius 3 is 2.57 bits per heavy atom. The van der Waals surface area contributed by atoms with Crippen molar-refractivity contribution in [1.82, 2.24) is 14.7 Å². The predicted molar refractivity (Wildman–Crippen MR) is 91.8 cm³/mol. The zero-order valence-corrected chi connectivity index (χ0v) is 14.1. The van der Waals surface area contributed by atoms with Crippen LogP contribution < -0.4 is 4.90 Å². The topological polar surface area (TPSA) is 41.4 Å². The minimum Gasteiger partial charge on any atom is -0.365 e. The third-order valence-electron chi connectivity index (χ3n) is 4.46. The van der Waals surface area contributed by atoms with Crippen molar-refractivity contribution in [2.24, 2.45) is 0 Å². The van der Waals surface area contributed by atoms with Crippen LogP contribution in [-0.2, 0) is 6.54 Å². The Balaban J connectivity index is 1.68. The van der Waals surface area contributed by atoms with E-state index >= 15 is 0 Å². The van der Waals surface area contributed by atoms with Gasteiger partial charge in [-0.25, -0.2) is 0 Å². The maximum Gasteiger partial charge on any atom is 0.274 e. The van der Waals surface area contributed by atoms with Crippen LogP contribution in [0, 0.1) is 6.92 Å². The van der Waals surface area contributed by atoms with Crippen LogP contribution in [0.4, 0.5) is 5.69 Å². The molecule has 0 N–H and O–H groups in total. The second kappa shape index (κ2) is 6.44. The smallest absolute Gasteiger partial charge is 0.274 e. The van der Waals surface area contributed by atoms with Crippen LogP contribution in [0.25, 0.3) is 0 Å². The van der Waals surface area contributed by atoms with Gasteiger partial charge >= 0.3 is 0 Å². The highest BCUT2D eigenvalue weighted by atomic mass is 16.2. The van der Waals surface area contributed by atoms with Gasteiger partial charge in [0.15, 0.2) is 0 Å². The molecule has 0 bridgehead atoms. The van der Waals surface area contributed by atoms with Gasteiger partial charge in [0.25, 0.3) is 5.91 Å². The van der Waals surface area contributed by atoms with Crippen LogP contribution in [0.5, 0.6) is 0 Å². The first kappa shape index (κ1) is 15.6. The average molecular weight is 312 g/mol. The van der Waals surface area contributed by atoms with Crippen molar-refractivity contribution in [3.8, 4) is 0 Å². The molecule has 1 aliphatic rings. The van der Waals surface area contributed by atoms with Crippen molar-refractivity contribution in [3.63, 3.8) is 0 Å². The fourth-order valence-corrected chi connectivity index (χ4v) is 3.08. The Kier molecular flexibility index (Phi) is 4.37. The first-order valence-corrected chi connectivity index (χ1v) is 8.24. The Morgan fingerprint density at radius 1 is 1.22 bits per heavy atom. The molecule has 2 heterocycles. The molecule has 1 saturated heterocycles. The number of benzene rings is 1. The SMILES string of the molecule is CCn1ccc(C(=O)N2CCN(c3ccc(C)cc3)[C@H](C)C2)n1. The first-order chi connectivity index (χ1) is 11.1. The highest BCUT2D eigenvalue weighted by Crippen LogP contribution is 2.21. The summed E-state index contributed by atoms with van der Waals surface area (Å²) in [4.78, 5) is 16.9. The van der Waals surface area contributed by atoms with E-state index in [-0.39, 0.29) is 5.91 Å². The number of anilines is 1. The van der Waals surface area contributed by atoms with E-state index in [1.54, 1.807) is 4.68 Å². The predicted octanol–water partition coefficient (Wildman–Crippen LogP) is 2.56. The number of hydrogen-bond donors (Lipinski definition) is 0. The molecule has 122 valence electrons. The van der Waals surface area contributed by atoms with Crippen molar-refractivity contribution >= 4 is 11.6 Å². The zero-order chi connectivity index (χ0) is 16.4. The molecule has 23 heavy (non-hydrogen) atoms. The van der Waals surface area contributed by atoms with Crippen LogP contribution in [0.2, 0.25) is 0 Å². The summed E-state index contributed by atoms with van der Waals surface area (Å²) in [6.07, 6.45) is 1.86.